The van der Waals surface area contributed by atoms with Gasteiger partial charge in [0.15, 0.2) is 6.29 Å². The lowest BCUT2D eigenvalue weighted by Gasteiger charge is -2.09. The third-order valence-corrected chi connectivity index (χ3v) is 2.05. The number of methoxy groups -OCH3 is 3. The molecule has 0 radical (unpaired) electrons. The van der Waals surface area contributed by atoms with E-state index in [1.54, 1.807) is 6.92 Å². The first kappa shape index (κ1) is 15.6. The maximum Gasteiger partial charge on any atom is 0.342 e. The molecule has 0 aliphatic carbocycles. The maximum atomic E-state index is 11.3. The van der Waals surface area contributed by atoms with Crippen molar-refractivity contribution in [2.75, 3.05) is 27.9 Å². The first-order valence-corrected chi connectivity index (χ1v) is 5.16. The highest BCUT2D eigenvalue weighted by molar-refractivity contribution is 6.09. The molecule has 0 spiro atoms. The Hall–Kier alpha value is -1.40. The Bertz CT molecular complexity index is 294. The van der Waals surface area contributed by atoms with Crippen LogP contribution in [0.1, 0.15) is 13.3 Å². The average Bonchev–Trinajstić information content (AvgIpc) is 2.37. The van der Waals surface area contributed by atoms with Gasteiger partial charge in [0.05, 0.1) is 13.7 Å². The Morgan fingerprint density at radius 1 is 1.35 bits per heavy atom. The standard InChI is InChI=1S/C11H19NO5/c1-5-9(13)8(11(14)17-4)6-12-7-10(15-2)16-3/h6,10,13H,5,7H2,1-4H3. The molecule has 0 unspecified atom stereocenters. The zero-order valence-corrected chi connectivity index (χ0v) is 10.6. The molecule has 0 saturated carbocycles. The highest BCUT2D eigenvalue weighted by Gasteiger charge is 2.12. The van der Waals surface area contributed by atoms with Crippen molar-refractivity contribution in [1.29, 1.82) is 0 Å². The van der Waals surface area contributed by atoms with Crippen molar-refractivity contribution >= 4 is 12.2 Å². The molecule has 0 heterocycles. The molecular weight excluding hydrogens is 226 g/mol. The molecule has 17 heavy (non-hydrogen) atoms. The largest absolute Gasteiger partial charge is 0.511 e. The van der Waals surface area contributed by atoms with Crippen LogP contribution in [0.5, 0.6) is 0 Å². The Balaban J connectivity index is 4.66. The number of carbonyl (C=O) groups excluding carboxylic acids is 1. The quantitative estimate of drug-likeness (QED) is 0.239. The van der Waals surface area contributed by atoms with E-state index in [9.17, 15) is 9.90 Å². The second-order valence-electron chi connectivity index (χ2n) is 3.10. The SMILES string of the molecule is CCC(O)=C(C=NCC(OC)OC)C(=O)OC. The van der Waals surface area contributed by atoms with Crippen LogP contribution in [-0.4, -0.2) is 51.5 Å². The number of carbonyl (C=O) groups is 1. The molecule has 0 amide bonds. The van der Waals surface area contributed by atoms with Gasteiger partial charge in [-0.2, -0.15) is 0 Å². The van der Waals surface area contributed by atoms with E-state index >= 15 is 0 Å². The summed E-state index contributed by atoms with van der Waals surface area (Å²) in [5.41, 5.74) is 0.0426. The van der Waals surface area contributed by atoms with Gasteiger partial charge in [-0.15, -0.1) is 0 Å². The number of aliphatic hydroxyl groups is 1. The lowest BCUT2D eigenvalue weighted by Crippen LogP contribution is -2.17. The number of rotatable bonds is 7. The summed E-state index contributed by atoms with van der Waals surface area (Å²) in [6, 6.07) is 0. The molecule has 0 aliphatic rings. The van der Waals surface area contributed by atoms with Gasteiger partial charge in [0.2, 0.25) is 0 Å². The van der Waals surface area contributed by atoms with Crippen LogP contribution in [0.25, 0.3) is 0 Å². The van der Waals surface area contributed by atoms with Crippen molar-refractivity contribution in [3.8, 4) is 0 Å². The van der Waals surface area contributed by atoms with Crippen molar-refractivity contribution in [2.24, 2.45) is 4.99 Å². The van der Waals surface area contributed by atoms with Gasteiger partial charge in [0, 0.05) is 26.9 Å². The molecule has 6 nitrogen and oxygen atoms in total. The van der Waals surface area contributed by atoms with Crippen LogP contribution in [0.2, 0.25) is 0 Å². The van der Waals surface area contributed by atoms with Gasteiger partial charge in [-0.1, -0.05) is 6.92 Å². The minimum absolute atomic E-state index is 0.0426. The van der Waals surface area contributed by atoms with Crippen LogP contribution in [0.15, 0.2) is 16.3 Å². The highest BCUT2D eigenvalue weighted by Crippen LogP contribution is 2.05. The van der Waals surface area contributed by atoms with Gasteiger partial charge >= 0.3 is 5.97 Å². The van der Waals surface area contributed by atoms with E-state index in [2.05, 4.69) is 9.73 Å². The summed E-state index contributed by atoms with van der Waals surface area (Å²) < 4.78 is 14.4. The van der Waals surface area contributed by atoms with E-state index in [1.165, 1.54) is 27.5 Å². The van der Waals surface area contributed by atoms with Gasteiger partial charge in [-0.05, 0) is 0 Å². The summed E-state index contributed by atoms with van der Waals surface area (Å²) in [7, 11) is 4.22. The molecule has 0 bridgehead atoms. The third kappa shape index (κ3) is 5.46. The maximum absolute atomic E-state index is 11.3. The molecule has 6 heteroatoms. The van der Waals surface area contributed by atoms with Gasteiger partial charge in [0.25, 0.3) is 0 Å². The predicted octanol–water partition coefficient (Wildman–Crippen LogP) is 1.07. The molecular formula is C11H19NO5. The first-order chi connectivity index (χ1) is 8.10. The van der Waals surface area contributed by atoms with Gasteiger partial charge in [-0.3, -0.25) is 4.99 Å². The van der Waals surface area contributed by atoms with E-state index in [1.807, 2.05) is 0 Å². The second-order valence-corrected chi connectivity index (χ2v) is 3.10. The monoisotopic (exact) mass is 245 g/mol. The number of hydrogen-bond acceptors (Lipinski definition) is 6. The first-order valence-electron chi connectivity index (χ1n) is 5.16. The summed E-state index contributed by atoms with van der Waals surface area (Å²) in [5, 5.41) is 9.52. The smallest absolute Gasteiger partial charge is 0.342 e. The van der Waals surface area contributed by atoms with Crippen molar-refractivity contribution in [1.82, 2.24) is 0 Å². The number of ether oxygens (including phenoxy) is 3. The summed E-state index contributed by atoms with van der Waals surface area (Å²) >= 11 is 0. The fourth-order valence-corrected chi connectivity index (χ4v) is 1.02. The number of nitrogens with zero attached hydrogens (tertiary/aromatic N) is 1. The number of esters is 1. The molecule has 0 aliphatic heterocycles. The van der Waals surface area contributed by atoms with Gasteiger partial charge in [0.1, 0.15) is 11.3 Å². The average molecular weight is 245 g/mol. The van der Waals surface area contributed by atoms with Crippen molar-refractivity contribution in [3.63, 3.8) is 0 Å². The Labute approximate surface area is 101 Å². The summed E-state index contributed by atoms with van der Waals surface area (Å²) in [5.74, 6) is -0.688. The Kier molecular flexibility index (Phi) is 8.00. The lowest BCUT2D eigenvalue weighted by atomic mass is 10.2. The molecule has 0 aromatic heterocycles. The fraction of sp³-hybridized carbons (Fsp3) is 0.636. The molecule has 0 aromatic rings. The lowest BCUT2D eigenvalue weighted by molar-refractivity contribution is -0.135. The van der Waals surface area contributed by atoms with E-state index in [-0.39, 0.29) is 17.9 Å². The van der Waals surface area contributed by atoms with Crippen LogP contribution < -0.4 is 0 Å². The van der Waals surface area contributed by atoms with Gasteiger partial charge < -0.3 is 19.3 Å². The third-order valence-electron chi connectivity index (χ3n) is 2.05. The summed E-state index contributed by atoms with van der Waals surface area (Å²) in [6.07, 6.45) is 1.11. The van der Waals surface area contributed by atoms with Crippen LogP contribution in [0.3, 0.4) is 0 Å². The molecule has 0 atom stereocenters. The van der Waals surface area contributed by atoms with Crippen LogP contribution >= 0.6 is 0 Å². The van der Waals surface area contributed by atoms with Crippen molar-refractivity contribution in [3.05, 3.63) is 11.3 Å². The molecule has 0 aromatic carbocycles. The molecule has 1 N–H and O–H groups in total. The van der Waals surface area contributed by atoms with Crippen LogP contribution in [0.4, 0.5) is 0 Å². The Morgan fingerprint density at radius 3 is 2.35 bits per heavy atom. The predicted molar refractivity (Wildman–Crippen MR) is 63.1 cm³/mol. The Morgan fingerprint density at radius 2 is 1.94 bits per heavy atom. The van der Waals surface area contributed by atoms with Gasteiger partial charge in [-0.25, -0.2) is 4.79 Å². The van der Waals surface area contributed by atoms with E-state index in [0.29, 0.717) is 6.42 Å². The minimum atomic E-state index is -0.625. The van der Waals surface area contributed by atoms with E-state index in [4.69, 9.17) is 9.47 Å². The second kappa shape index (κ2) is 8.72. The zero-order valence-electron chi connectivity index (χ0n) is 10.6. The topological polar surface area (TPSA) is 77.4 Å². The van der Waals surface area contributed by atoms with Crippen LogP contribution in [-0.2, 0) is 19.0 Å². The normalized spacial score (nSPS) is 13.0. The highest BCUT2D eigenvalue weighted by atomic mass is 16.7. The number of allylic oxidation sites excluding steroid dienone is 1. The number of aliphatic hydroxyl groups excluding tert-OH is 1. The number of aliphatic imine (C=N–C) groups is 1. The summed E-state index contributed by atoms with van der Waals surface area (Å²) in [6.45, 7) is 1.95. The number of hydrogen-bond donors (Lipinski definition) is 1. The summed E-state index contributed by atoms with van der Waals surface area (Å²) in [4.78, 5) is 15.3. The van der Waals surface area contributed by atoms with E-state index in [0.717, 1.165) is 0 Å². The minimum Gasteiger partial charge on any atom is -0.511 e. The molecule has 0 rings (SSSR count). The van der Waals surface area contributed by atoms with Crippen LogP contribution in [0, 0.1) is 0 Å². The molecule has 0 saturated heterocycles. The zero-order chi connectivity index (χ0) is 13.3. The van der Waals surface area contributed by atoms with Crippen molar-refractivity contribution < 1.29 is 24.1 Å². The molecule has 0 fully saturated rings. The van der Waals surface area contributed by atoms with Crippen molar-refractivity contribution in [2.45, 2.75) is 19.6 Å². The fourth-order valence-electron chi connectivity index (χ4n) is 1.02. The van der Waals surface area contributed by atoms with E-state index < -0.39 is 12.3 Å². The molecule has 98 valence electrons.